The molecule has 3 rings (SSSR count). The Kier molecular flexibility index (Phi) is 4.13. The number of aromatic nitrogens is 3. The van der Waals surface area contributed by atoms with Crippen molar-refractivity contribution in [3.63, 3.8) is 0 Å². The van der Waals surface area contributed by atoms with E-state index in [2.05, 4.69) is 45.4 Å². The van der Waals surface area contributed by atoms with Crippen LogP contribution in [0.2, 0.25) is 0 Å². The van der Waals surface area contributed by atoms with Crippen LogP contribution in [0.3, 0.4) is 0 Å². The van der Waals surface area contributed by atoms with Gasteiger partial charge in [0.2, 0.25) is 5.95 Å². The lowest BCUT2D eigenvalue weighted by Crippen LogP contribution is -2.13. The van der Waals surface area contributed by atoms with Gasteiger partial charge in [-0.2, -0.15) is 0 Å². The first kappa shape index (κ1) is 14.0. The molecule has 0 bridgehead atoms. The van der Waals surface area contributed by atoms with Gasteiger partial charge in [-0.3, -0.25) is 4.98 Å². The molecule has 4 nitrogen and oxygen atoms in total. The van der Waals surface area contributed by atoms with Gasteiger partial charge in [-0.05, 0) is 43.9 Å². The van der Waals surface area contributed by atoms with Crippen LogP contribution in [0.1, 0.15) is 54.7 Å². The summed E-state index contributed by atoms with van der Waals surface area (Å²) >= 11 is 0. The predicted molar refractivity (Wildman–Crippen MR) is 84.3 cm³/mol. The van der Waals surface area contributed by atoms with Gasteiger partial charge < -0.3 is 5.32 Å². The molecule has 1 aliphatic carbocycles. The maximum absolute atomic E-state index is 4.65. The van der Waals surface area contributed by atoms with E-state index < -0.39 is 0 Å². The van der Waals surface area contributed by atoms with E-state index in [0.717, 1.165) is 23.8 Å². The average molecular weight is 282 g/mol. The minimum atomic E-state index is 0.634. The van der Waals surface area contributed by atoms with Gasteiger partial charge in [0, 0.05) is 23.5 Å². The lowest BCUT2D eigenvalue weighted by molar-refractivity contribution is 0.410. The Morgan fingerprint density at radius 2 is 2.10 bits per heavy atom. The smallest absolute Gasteiger partial charge is 0.223 e. The summed E-state index contributed by atoms with van der Waals surface area (Å²) in [6.07, 6.45) is 6.80. The van der Waals surface area contributed by atoms with E-state index >= 15 is 0 Å². The Bertz CT molecular complexity index is 603. The molecule has 0 unspecified atom stereocenters. The fourth-order valence-corrected chi connectivity index (χ4v) is 2.52. The first-order chi connectivity index (χ1) is 10.2. The van der Waals surface area contributed by atoms with Crippen molar-refractivity contribution in [3.8, 4) is 0 Å². The predicted octanol–water partition coefficient (Wildman–Crippen LogP) is 3.62. The number of hydrogen-bond donors (Lipinski definition) is 1. The van der Waals surface area contributed by atoms with Crippen molar-refractivity contribution in [3.05, 3.63) is 47.0 Å². The molecule has 110 valence electrons. The van der Waals surface area contributed by atoms with Gasteiger partial charge >= 0.3 is 0 Å². The Balaban J connectivity index is 1.67. The highest BCUT2D eigenvalue weighted by molar-refractivity contribution is 5.31. The lowest BCUT2D eigenvalue weighted by atomic mass is 9.83. The van der Waals surface area contributed by atoms with Gasteiger partial charge in [0.05, 0.1) is 12.2 Å². The fraction of sp³-hybridized carbons (Fsp3) is 0.471. The quantitative estimate of drug-likeness (QED) is 0.910. The van der Waals surface area contributed by atoms with Gasteiger partial charge in [0.25, 0.3) is 0 Å². The lowest BCUT2D eigenvalue weighted by Gasteiger charge is -2.25. The third kappa shape index (κ3) is 3.38. The topological polar surface area (TPSA) is 50.7 Å². The molecule has 21 heavy (non-hydrogen) atoms. The first-order valence-corrected chi connectivity index (χ1v) is 7.78. The molecule has 0 amide bonds. The van der Waals surface area contributed by atoms with Gasteiger partial charge in [-0.25, -0.2) is 9.97 Å². The van der Waals surface area contributed by atoms with Crippen molar-refractivity contribution < 1.29 is 0 Å². The number of hydrogen-bond acceptors (Lipinski definition) is 4. The molecule has 0 spiro atoms. The van der Waals surface area contributed by atoms with E-state index in [-0.39, 0.29) is 0 Å². The zero-order valence-corrected chi connectivity index (χ0v) is 12.8. The van der Waals surface area contributed by atoms with Crippen LogP contribution in [0.15, 0.2) is 24.4 Å². The monoisotopic (exact) mass is 282 g/mol. The van der Waals surface area contributed by atoms with Crippen LogP contribution in [0.25, 0.3) is 0 Å². The van der Waals surface area contributed by atoms with E-state index in [9.17, 15) is 0 Å². The minimum absolute atomic E-state index is 0.634. The summed E-state index contributed by atoms with van der Waals surface area (Å²) in [6.45, 7) is 4.83. The first-order valence-electron chi connectivity index (χ1n) is 7.78. The van der Waals surface area contributed by atoms with Crippen LogP contribution in [-0.2, 0) is 13.0 Å². The molecule has 1 fully saturated rings. The van der Waals surface area contributed by atoms with Crippen LogP contribution >= 0.6 is 0 Å². The second kappa shape index (κ2) is 6.20. The summed E-state index contributed by atoms with van der Waals surface area (Å²) in [5.74, 6) is 1.35. The van der Waals surface area contributed by atoms with Gasteiger partial charge in [0.15, 0.2) is 0 Å². The molecule has 0 radical (unpaired) electrons. The number of pyridine rings is 1. The van der Waals surface area contributed by atoms with Crippen LogP contribution in [0.4, 0.5) is 5.95 Å². The van der Waals surface area contributed by atoms with E-state index in [1.54, 1.807) is 0 Å². The van der Waals surface area contributed by atoms with E-state index in [1.807, 2.05) is 13.1 Å². The van der Waals surface area contributed by atoms with Crippen molar-refractivity contribution in [2.75, 3.05) is 5.32 Å². The summed E-state index contributed by atoms with van der Waals surface area (Å²) in [7, 11) is 0. The SMILES string of the molecule is CCc1ccc(CNc2nc(C)cc(C3CCC3)n2)nc1. The zero-order valence-electron chi connectivity index (χ0n) is 12.8. The van der Waals surface area contributed by atoms with Crippen molar-refractivity contribution >= 4 is 5.95 Å². The number of nitrogens with zero attached hydrogens (tertiary/aromatic N) is 3. The number of aryl methyl sites for hydroxylation is 2. The summed E-state index contributed by atoms with van der Waals surface area (Å²) in [5, 5.41) is 3.30. The largest absolute Gasteiger partial charge is 0.349 e. The minimum Gasteiger partial charge on any atom is -0.349 e. The van der Waals surface area contributed by atoms with Crippen LogP contribution in [0.5, 0.6) is 0 Å². The molecule has 2 aromatic rings. The van der Waals surface area contributed by atoms with E-state index in [0.29, 0.717) is 12.5 Å². The van der Waals surface area contributed by atoms with Gasteiger partial charge in [-0.1, -0.05) is 19.4 Å². The van der Waals surface area contributed by atoms with Gasteiger partial charge in [0.1, 0.15) is 0 Å². The Morgan fingerprint density at radius 3 is 2.71 bits per heavy atom. The molecule has 4 heteroatoms. The molecule has 1 aliphatic rings. The third-order valence-electron chi connectivity index (χ3n) is 4.12. The van der Waals surface area contributed by atoms with Crippen molar-refractivity contribution in [1.29, 1.82) is 0 Å². The van der Waals surface area contributed by atoms with Gasteiger partial charge in [-0.15, -0.1) is 0 Å². The number of anilines is 1. The van der Waals surface area contributed by atoms with Crippen molar-refractivity contribution in [1.82, 2.24) is 15.0 Å². The fourth-order valence-electron chi connectivity index (χ4n) is 2.52. The Labute approximate surface area is 126 Å². The highest BCUT2D eigenvalue weighted by Gasteiger charge is 2.21. The maximum atomic E-state index is 4.65. The molecular formula is C17H22N4. The van der Waals surface area contributed by atoms with E-state index in [1.165, 1.54) is 30.5 Å². The Morgan fingerprint density at radius 1 is 1.24 bits per heavy atom. The van der Waals surface area contributed by atoms with Crippen molar-refractivity contribution in [2.24, 2.45) is 0 Å². The normalized spacial score (nSPS) is 14.8. The molecule has 0 atom stereocenters. The second-order valence-electron chi connectivity index (χ2n) is 5.75. The maximum Gasteiger partial charge on any atom is 0.223 e. The summed E-state index contributed by atoms with van der Waals surface area (Å²) in [5.41, 5.74) is 4.49. The second-order valence-corrected chi connectivity index (χ2v) is 5.75. The van der Waals surface area contributed by atoms with Crippen LogP contribution in [0, 0.1) is 6.92 Å². The number of nitrogens with one attached hydrogen (secondary N) is 1. The highest BCUT2D eigenvalue weighted by atomic mass is 15.1. The van der Waals surface area contributed by atoms with E-state index in [4.69, 9.17) is 0 Å². The molecule has 0 aromatic carbocycles. The van der Waals surface area contributed by atoms with Crippen LogP contribution < -0.4 is 5.32 Å². The summed E-state index contributed by atoms with van der Waals surface area (Å²) in [6, 6.07) is 6.30. The molecule has 1 saturated carbocycles. The molecular weight excluding hydrogens is 260 g/mol. The summed E-state index contributed by atoms with van der Waals surface area (Å²) < 4.78 is 0. The molecule has 2 heterocycles. The highest BCUT2D eigenvalue weighted by Crippen LogP contribution is 2.35. The Hall–Kier alpha value is -1.97. The molecule has 0 saturated heterocycles. The average Bonchev–Trinajstić information content (AvgIpc) is 2.43. The molecule has 1 N–H and O–H groups in total. The third-order valence-corrected chi connectivity index (χ3v) is 4.12. The summed E-state index contributed by atoms with van der Waals surface area (Å²) in [4.78, 5) is 13.6. The molecule has 0 aliphatic heterocycles. The number of rotatable bonds is 5. The van der Waals surface area contributed by atoms with Crippen LogP contribution in [-0.4, -0.2) is 15.0 Å². The molecule has 2 aromatic heterocycles. The standard InChI is InChI=1S/C17H22N4/c1-3-13-7-8-15(18-10-13)11-19-17-20-12(2)9-16(21-17)14-5-4-6-14/h7-10,14H,3-6,11H2,1-2H3,(H,19,20,21). The van der Waals surface area contributed by atoms with Crippen molar-refractivity contribution in [2.45, 2.75) is 52.0 Å². The zero-order chi connectivity index (χ0) is 14.7.